The number of likely N-dealkylation sites (tertiary alicyclic amines) is 1. The molecular formula is C22H19ClN4O4. The number of benzene rings is 1. The van der Waals surface area contributed by atoms with E-state index in [4.69, 9.17) is 25.0 Å². The van der Waals surface area contributed by atoms with E-state index in [1.807, 2.05) is 18.2 Å². The van der Waals surface area contributed by atoms with Crippen LogP contribution < -0.4 is 0 Å². The monoisotopic (exact) mass is 438 g/mol. The Morgan fingerprint density at radius 3 is 2.68 bits per heavy atom. The molecule has 8 nitrogen and oxygen atoms in total. The summed E-state index contributed by atoms with van der Waals surface area (Å²) in [7, 11) is 0. The summed E-state index contributed by atoms with van der Waals surface area (Å²) in [4.78, 5) is 15.1. The van der Waals surface area contributed by atoms with Crippen molar-refractivity contribution in [1.82, 2.24) is 20.3 Å². The van der Waals surface area contributed by atoms with Gasteiger partial charge >= 0.3 is 0 Å². The highest BCUT2D eigenvalue weighted by atomic mass is 35.5. The van der Waals surface area contributed by atoms with E-state index in [1.165, 1.54) is 0 Å². The van der Waals surface area contributed by atoms with Crippen LogP contribution in [-0.4, -0.2) is 39.3 Å². The average molecular weight is 439 g/mol. The van der Waals surface area contributed by atoms with Gasteiger partial charge in [0, 0.05) is 24.6 Å². The third-order valence-electron chi connectivity index (χ3n) is 5.51. The molecule has 1 fully saturated rings. The third kappa shape index (κ3) is 3.63. The number of nitrogens with zero attached hydrogens (tertiary/aromatic N) is 4. The maximum absolute atomic E-state index is 13.3. The van der Waals surface area contributed by atoms with Gasteiger partial charge < -0.3 is 18.3 Å². The van der Waals surface area contributed by atoms with Crippen molar-refractivity contribution in [2.24, 2.45) is 0 Å². The zero-order valence-corrected chi connectivity index (χ0v) is 17.5. The molecule has 1 aliphatic heterocycles. The largest absolute Gasteiger partial charge is 0.459 e. The predicted octanol–water partition coefficient (Wildman–Crippen LogP) is 4.97. The first kappa shape index (κ1) is 19.6. The number of piperidine rings is 1. The molecule has 158 valence electrons. The van der Waals surface area contributed by atoms with E-state index in [2.05, 4.69) is 15.4 Å². The molecule has 4 aromatic rings. The van der Waals surface area contributed by atoms with Crippen LogP contribution in [0.1, 0.15) is 40.8 Å². The van der Waals surface area contributed by atoms with Crippen LogP contribution in [0.5, 0.6) is 0 Å². The molecule has 0 aliphatic carbocycles. The van der Waals surface area contributed by atoms with E-state index in [1.54, 1.807) is 36.3 Å². The van der Waals surface area contributed by atoms with Crippen molar-refractivity contribution in [2.45, 2.75) is 25.7 Å². The van der Waals surface area contributed by atoms with Crippen molar-refractivity contribution < 1.29 is 18.2 Å². The minimum absolute atomic E-state index is 0.0897. The van der Waals surface area contributed by atoms with Gasteiger partial charge in [-0.3, -0.25) is 4.79 Å². The zero-order chi connectivity index (χ0) is 21.4. The Hall–Kier alpha value is -3.39. The maximum atomic E-state index is 13.3. The van der Waals surface area contributed by atoms with Gasteiger partial charge in [-0.1, -0.05) is 35.0 Å². The van der Waals surface area contributed by atoms with E-state index in [0.717, 1.165) is 12.8 Å². The lowest BCUT2D eigenvalue weighted by molar-refractivity contribution is 0.0705. The van der Waals surface area contributed by atoms with Crippen LogP contribution in [0.3, 0.4) is 0 Å². The summed E-state index contributed by atoms with van der Waals surface area (Å²) >= 11 is 6.32. The highest BCUT2D eigenvalue weighted by Crippen LogP contribution is 2.34. The van der Waals surface area contributed by atoms with Crippen molar-refractivity contribution in [3.63, 3.8) is 0 Å². The van der Waals surface area contributed by atoms with Gasteiger partial charge in [0.1, 0.15) is 17.0 Å². The fourth-order valence-corrected chi connectivity index (χ4v) is 4.07. The second-order valence-corrected chi connectivity index (χ2v) is 7.84. The van der Waals surface area contributed by atoms with Crippen molar-refractivity contribution >= 4 is 17.5 Å². The summed E-state index contributed by atoms with van der Waals surface area (Å²) in [5, 5.41) is 12.9. The average Bonchev–Trinajstić information content (AvgIpc) is 3.54. The van der Waals surface area contributed by atoms with Crippen LogP contribution in [0.25, 0.3) is 22.9 Å². The van der Waals surface area contributed by atoms with Gasteiger partial charge in [-0.15, -0.1) is 10.2 Å². The van der Waals surface area contributed by atoms with Gasteiger partial charge in [0.2, 0.25) is 5.89 Å². The van der Waals surface area contributed by atoms with Crippen LogP contribution in [0.15, 0.2) is 56.0 Å². The van der Waals surface area contributed by atoms with Crippen LogP contribution in [0.4, 0.5) is 0 Å². The molecule has 0 bridgehead atoms. The highest BCUT2D eigenvalue weighted by molar-refractivity contribution is 6.33. The molecule has 9 heteroatoms. The highest BCUT2D eigenvalue weighted by Gasteiger charge is 2.32. The van der Waals surface area contributed by atoms with Gasteiger partial charge in [-0.25, -0.2) is 0 Å². The molecule has 5 rings (SSSR count). The number of halogens is 1. The van der Waals surface area contributed by atoms with E-state index >= 15 is 0 Å². The summed E-state index contributed by atoms with van der Waals surface area (Å²) in [5.41, 5.74) is 1.59. The first-order valence-electron chi connectivity index (χ1n) is 9.99. The molecule has 31 heavy (non-hydrogen) atoms. The van der Waals surface area contributed by atoms with Crippen molar-refractivity contribution in [3.05, 3.63) is 64.9 Å². The zero-order valence-electron chi connectivity index (χ0n) is 16.7. The third-order valence-corrected chi connectivity index (χ3v) is 5.84. The van der Waals surface area contributed by atoms with Crippen molar-refractivity contribution in [1.29, 1.82) is 0 Å². The van der Waals surface area contributed by atoms with Crippen molar-refractivity contribution in [2.75, 3.05) is 13.1 Å². The second-order valence-electron chi connectivity index (χ2n) is 7.43. The van der Waals surface area contributed by atoms with Gasteiger partial charge in [-0.05, 0) is 38.0 Å². The lowest BCUT2D eigenvalue weighted by atomic mass is 9.95. The van der Waals surface area contributed by atoms with Gasteiger partial charge in [-0.2, -0.15) is 0 Å². The number of rotatable bonds is 4. The molecule has 4 heterocycles. The minimum atomic E-state index is -0.117. The Kier molecular flexibility index (Phi) is 5.07. The van der Waals surface area contributed by atoms with Gasteiger partial charge in [0.05, 0.1) is 11.3 Å². The fraction of sp³-hybridized carbons (Fsp3) is 0.273. The van der Waals surface area contributed by atoms with Crippen LogP contribution in [0.2, 0.25) is 5.02 Å². The standard InChI is InChI=1S/C22H19ClN4O4/c1-13-18(19(26-31-13)15-5-2-3-6-16(15)23)22(28)27-10-8-14(9-11-27)20-24-25-21(30-20)17-7-4-12-29-17/h2-7,12,14H,8-11H2,1H3. The number of aryl methyl sites for hydroxylation is 1. The summed E-state index contributed by atoms with van der Waals surface area (Å²) < 4.78 is 16.4. The summed E-state index contributed by atoms with van der Waals surface area (Å²) in [6.07, 6.45) is 3.00. The Bertz CT molecular complexity index is 1210. The van der Waals surface area contributed by atoms with Crippen LogP contribution >= 0.6 is 11.6 Å². The number of amides is 1. The van der Waals surface area contributed by atoms with Crippen LogP contribution in [-0.2, 0) is 0 Å². The molecule has 1 aliphatic rings. The summed E-state index contributed by atoms with van der Waals surface area (Å²) in [6, 6.07) is 10.8. The predicted molar refractivity (Wildman–Crippen MR) is 112 cm³/mol. The molecular weight excluding hydrogens is 420 g/mol. The second kappa shape index (κ2) is 8.03. The molecule has 1 saturated heterocycles. The summed E-state index contributed by atoms with van der Waals surface area (Å²) in [6.45, 7) is 2.87. The molecule has 3 aromatic heterocycles. The first-order valence-corrected chi connectivity index (χ1v) is 10.4. The Morgan fingerprint density at radius 2 is 1.94 bits per heavy atom. The lowest BCUT2D eigenvalue weighted by Gasteiger charge is -2.30. The van der Waals surface area contributed by atoms with Gasteiger partial charge in [0.15, 0.2) is 5.76 Å². The number of aromatic nitrogens is 3. The molecule has 0 N–H and O–H groups in total. The molecule has 0 radical (unpaired) electrons. The quantitative estimate of drug-likeness (QED) is 0.443. The summed E-state index contributed by atoms with van der Waals surface area (Å²) in [5.74, 6) is 1.92. The number of carbonyl (C=O) groups is 1. The molecule has 0 spiro atoms. The van der Waals surface area contributed by atoms with E-state index in [-0.39, 0.29) is 11.8 Å². The minimum Gasteiger partial charge on any atom is -0.459 e. The SMILES string of the molecule is Cc1onc(-c2ccccc2Cl)c1C(=O)N1CCC(c2nnc(-c3ccco3)o2)CC1. The normalized spacial score (nSPS) is 14.8. The van der Waals surface area contributed by atoms with E-state index in [0.29, 0.717) is 58.2 Å². The number of carbonyl (C=O) groups excluding carboxylic acids is 1. The Balaban J connectivity index is 1.31. The Labute approximate surface area is 182 Å². The fourth-order valence-electron chi connectivity index (χ4n) is 3.85. The lowest BCUT2D eigenvalue weighted by Crippen LogP contribution is -2.38. The molecule has 1 amide bonds. The molecule has 1 aromatic carbocycles. The maximum Gasteiger partial charge on any atom is 0.283 e. The molecule has 0 atom stereocenters. The van der Waals surface area contributed by atoms with Crippen molar-refractivity contribution in [3.8, 4) is 22.9 Å². The topological polar surface area (TPSA) is 98.4 Å². The smallest absolute Gasteiger partial charge is 0.283 e. The first-order chi connectivity index (χ1) is 15.1. The number of furan rings is 1. The molecule has 0 unspecified atom stereocenters. The van der Waals surface area contributed by atoms with E-state index in [9.17, 15) is 4.79 Å². The Morgan fingerprint density at radius 1 is 1.13 bits per heavy atom. The number of hydrogen-bond acceptors (Lipinski definition) is 7. The molecule has 0 saturated carbocycles. The van der Waals surface area contributed by atoms with E-state index < -0.39 is 0 Å². The van der Waals surface area contributed by atoms with Gasteiger partial charge in [0.25, 0.3) is 11.8 Å². The number of hydrogen-bond donors (Lipinski definition) is 0. The van der Waals surface area contributed by atoms with Crippen LogP contribution in [0, 0.1) is 6.92 Å².